The number of hydrogen-bond donors (Lipinski definition) is 1. The molecule has 2 fully saturated rings. The summed E-state index contributed by atoms with van der Waals surface area (Å²) in [6.07, 6.45) is 4.15. The summed E-state index contributed by atoms with van der Waals surface area (Å²) < 4.78 is 0. The van der Waals surface area contributed by atoms with Crippen LogP contribution >= 0.6 is 0 Å². The molecule has 1 nitrogen and oxygen atoms in total. The van der Waals surface area contributed by atoms with Crippen molar-refractivity contribution in [1.82, 2.24) is 0 Å². The van der Waals surface area contributed by atoms with Crippen LogP contribution in [0, 0.1) is 11.8 Å². The lowest BCUT2D eigenvalue weighted by Crippen LogP contribution is -2.33. The normalized spacial score (nSPS) is 40.4. The molecule has 0 aromatic heterocycles. The highest BCUT2D eigenvalue weighted by Gasteiger charge is 2.46. The summed E-state index contributed by atoms with van der Waals surface area (Å²) in [4.78, 5) is 0. The molecule has 74 valence electrons. The lowest BCUT2D eigenvalue weighted by atomic mass is 9.80. The summed E-state index contributed by atoms with van der Waals surface area (Å²) in [5, 5.41) is 0. The topological polar surface area (TPSA) is 26.0 Å². The van der Waals surface area contributed by atoms with E-state index in [0.717, 1.165) is 11.8 Å². The van der Waals surface area contributed by atoms with Gasteiger partial charge < -0.3 is 5.73 Å². The van der Waals surface area contributed by atoms with Crippen LogP contribution in [-0.4, -0.2) is 6.04 Å². The van der Waals surface area contributed by atoms with Crippen LogP contribution in [0.5, 0.6) is 0 Å². The molecule has 1 heteroatoms. The fourth-order valence-corrected chi connectivity index (χ4v) is 3.51. The molecule has 2 saturated carbocycles. The zero-order chi connectivity index (χ0) is 9.54. The van der Waals surface area contributed by atoms with Crippen LogP contribution in [0.15, 0.2) is 30.3 Å². The molecule has 14 heavy (non-hydrogen) atoms. The maximum absolute atomic E-state index is 6.30. The summed E-state index contributed by atoms with van der Waals surface area (Å²) >= 11 is 0. The second kappa shape index (κ2) is 3.09. The first-order valence-electron chi connectivity index (χ1n) is 5.67. The highest BCUT2D eigenvalue weighted by Crippen LogP contribution is 2.51. The van der Waals surface area contributed by atoms with Gasteiger partial charge in [0, 0.05) is 12.0 Å². The molecule has 2 aliphatic rings. The van der Waals surface area contributed by atoms with E-state index in [1.54, 1.807) is 0 Å². The molecule has 0 heterocycles. The minimum atomic E-state index is 0.427. The van der Waals surface area contributed by atoms with Gasteiger partial charge in [-0.1, -0.05) is 30.3 Å². The third-order valence-corrected chi connectivity index (χ3v) is 4.17. The first-order chi connectivity index (χ1) is 6.86. The van der Waals surface area contributed by atoms with Gasteiger partial charge in [-0.25, -0.2) is 0 Å². The van der Waals surface area contributed by atoms with Crippen molar-refractivity contribution in [2.45, 2.75) is 31.2 Å². The molecule has 3 unspecified atom stereocenters. The Morgan fingerprint density at radius 1 is 1.00 bits per heavy atom. The number of fused-ring (bicyclic) bond motifs is 2. The van der Waals surface area contributed by atoms with Gasteiger partial charge in [0.2, 0.25) is 0 Å². The van der Waals surface area contributed by atoms with Crippen molar-refractivity contribution in [3.8, 4) is 0 Å². The Bertz CT molecular complexity index is 317. The fourth-order valence-electron chi connectivity index (χ4n) is 3.51. The molecule has 2 bridgehead atoms. The third kappa shape index (κ3) is 1.12. The van der Waals surface area contributed by atoms with E-state index in [4.69, 9.17) is 5.73 Å². The summed E-state index contributed by atoms with van der Waals surface area (Å²) in [6.45, 7) is 0. The van der Waals surface area contributed by atoms with Gasteiger partial charge in [0.05, 0.1) is 0 Å². The first kappa shape index (κ1) is 8.49. The minimum Gasteiger partial charge on any atom is -0.327 e. The van der Waals surface area contributed by atoms with E-state index in [-0.39, 0.29) is 0 Å². The van der Waals surface area contributed by atoms with Gasteiger partial charge in [-0.2, -0.15) is 0 Å². The molecule has 0 radical (unpaired) electrons. The van der Waals surface area contributed by atoms with E-state index in [1.807, 2.05) is 0 Å². The van der Waals surface area contributed by atoms with Crippen LogP contribution in [0.4, 0.5) is 0 Å². The predicted octanol–water partition coefficient (Wildman–Crippen LogP) is 2.53. The zero-order valence-corrected chi connectivity index (χ0v) is 8.39. The zero-order valence-electron chi connectivity index (χ0n) is 8.39. The lowest BCUT2D eigenvalue weighted by Gasteiger charge is -2.28. The molecule has 0 saturated heterocycles. The first-order valence-corrected chi connectivity index (χ1v) is 5.67. The molecular weight excluding hydrogens is 170 g/mol. The van der Waals surface area contributed by atoms with Gasteiger partial charge in [-0.15, -0.1) is 0 Å². The Balaban J connectivity index is 1.93. The largest absolute Gasteiger partial charge is 0.327 e. The Morgan fingerprint density at radius 2 is 1.71 bits per heavy atom. The van der Waals surface area contributed by atoms with Crippen molar-refractivity contribution in [2.24, 2.45) is 17.6 Å². The van der Waals surface area contributed by atoms with E-state index >= 15 is 0 Å². The molecule has 3 rings (SSSR count). The average molecular weight is 187 g/mol. The van der Waals surface area contributed by atoms with E-state index in [1.165, 1.54) is 24.8 Å². The highest BCUT2D eigenvalue weighted by atomic mass is 14.7. The molecule has 1 aromatic rings. The van der Waals surface area contributed by atoms with E-state index < -0.39 is 0 Å². The Hall–Kier alpha value is -0.820. The Kier molecular flexibility index (Phi) is 1.88. The Morgan fingerprint density at radius 3 is 2.36 bits per heavy atom. The number of nitrogens with two attached hydrogens (primary N) is 1. The SMILES string of the molecule is N[C@@H]1C2CCC(C2)C1c1ccccc1. The monoisotopic (exact) mass is 187 g/mol. The van der Waals surface area contributed by atoms with Crippen molar-refractivity contribution >= 4 is 0 Å². The standard InChI is InChI=1S/C13H17N/c14-13-11-7-6-10(8-11)12(13)9-4-2-1-3-5-9/h1-5,10-13H,6-8,14H2/t10?,11?,12?,13-/m1/s1. The molecule has 2 aliphatic carbocycles. The molecule has 0 spiro atoms. The summed E-state index contributed by atoms with van der Waals surface area (Å²) in [5.74, 6) is 2.33. The third-order valence-electron chi connectivity index (χ3n) is 4.17. The summed E-state index contributed by atoms with van der Waals surface area (Å²) in [7, 11) is 0. The van der Waals surface area contributed by atoms with Crippen LogP contribution in [0.25, 0.3) is 0 Å². The highest BCUT2D eigenvalue weighted by molar-refractivity contribution is 5.25. The van der Waals surface area contributed by atoms with Gasteiger partial charge in [0.25, 0.3) is 0 Å². The molecule has 4 atom stereocenters. The van der Waals surface area contributed by atoms with E-state index in [2.05, 4.69) is 30.3 Å². The van der Waals surface area contributed by atoms with Crippen LogP contribution in [0.2, 0.25) is 0 Å². The second-order valence-electron chi connectivity index (χ2n) is 4.85. The van der Waals surface area contributed by atoms with E-state index in [9.17, 15) is 0 Å². The summed E-state index contributed by atoms with van der Waals surface area (Å²) in [6, 6.07) is 11.3. The average Bonchev–Trinajstić information content (AvgIpc) is 2.79. The number of rotatable bonds is 1. The molecule has 0 aliphatic heterocycles. The lowest BCUT2D eigenvalue weighted by molar-refractivity contribution is 0.366. The van der Waals surface area contributed by atoms with Crippen molar-refractivity contribution < 1.29 is 0 Å². The minimum absolute atomic E-state index is 0.427. The quantitative estimate of drug-likeness (QED) is 0.718. The molecular formula is C13H17N. The smallest absolute Gasteiger partial charge is 0.0139 e. The van der Waals surface area contributed by atoms with Crippen LogP contribution in [0.3, 0.4) is 0 Å². The molecule has 1 aromatic carbocycles. The van der Waals surface area contributed by atoms with Crippen LogP contribution in [0.1, 0.15) is 30.7 Å². The number of hydrogen-bond acceptors (Lipinski definition) is 1. The van der Waals surface area contributed by atoms with Crippen LogP contribution < -0.4 is 5.73 Å². The summed E-state index contributed by atoms with van der Waals surface area (Å²) in [5.41, 5.74) is 7.76. The maximum atomic E-state index is 6.30. The Labute approximate surface area is 85.3 Å². The van der Waals surface area contributed by atoms with Gasteiger partial charge in [0.1, 0.15) is 0 Å². The maximum Gasteiger partial charge on any atom is 0.0139 e. The van der Waals surface area contributed by atoms with Crippen molar-refractivity contribution in [3.63, 3.8) is 0 Å². The second-order valence-corrected chi connectivity index (χ2v) is 4.85. The van der Waals surface area contributed by atoms with Gasteiger partial charge in [-0.05, 0) is 36.7 Å². The predicted molar refractivity (Wildman–Crippen MR) is 58.0 cm³/mol. The van der Waals surface area contributed by atoms with Crippen LogP contribution in [-0.2, 0) is 0 Å². The van der Waals surface area contributed by atoms with E-state index in [0.29, 0.717) is 12.0 Å². The van der Waals surface area contributed by atoms with Gasteiger partial charge >= 0.3 is 0 Å². The van der Waals surface area contributed by atoms with Gasteiger partial charge in [0.15, 0.2) is 0 Å². The molecule has 0 amide bonds. The fraction of sp³-hybridized carbons (Fsp3) is 0.538. The van der Waals surface area contributed by atoms with Crippen molar-refractivity contribution in [3.05, 3.63) is 35.9 Å². The molecule has 2 N–H and O–H groups in total. The van der Waals surface area contributed by atoms with Crippen molar-refractivity contribution in [2.75, 3.05) is 0 Å². The van der Waals surface area contributed by atoms with Gasteiger partial charge in [-0.3, -0.25) is 0 Å². The van der Waals surface area contributed by atoms with Crippen molar-refractivity contribution in [1.29, 1.82) is 0 Å². The number of benzene rings is 1.